The van der Waals surface area contributed by atoms with Crippen molar-refractivity contribution in [1.29, 1.82) is 0 Å². The molecule has 0 bridgehead atoms. The van der Waals surface area contributed by atoms with E-state index in [2.05, 4.69) is 106 Å². The van der Waals surface area contributed by atoms with Gasteiger partial charge in [0.15, 0.2) is 6.10 Å². The molecule has 0 aromatic heterocycles. The van der Waals surface area contributed by atoms with E-state index in [9.17, 15) is 14.4 Å². The van der Waals surface area contributed by atoms with Gasteiger partial charge in [-0.3, -0.25) is 14.4 Å². The normalized spacial score (nSPS) is 12.7. The second-order valence-electron chi connectivity index (χ2n) is 17.8. The predicted octanol–water partition coefficient (Wildman–Crippen LogP) is 18.0. The van der Waals surface area contributed by atoms with Crippen molar-refractivity contribution < 1.29 is 28.6 Å². The molecule has 0 saturated heterocycles. The fourth-order valence-electron chi connectivity index (χ4n) is 7.32. The van der Waals surface area contributed by atoms with Crippen LogP contribution >= 0.6 is 0 Å². The summed E-state index contributed by atoms with van der Waals surface area (Å²) in [5.41, 5.74) is 0. The maximum absolute atomic E-state index is 12.8. The number of allylic oxidation sites excluding steroid dienone is 14. The van der Waals surface area contributed by atoms with Gasteiger partial charge in [-0.25, -0.2) is 0 Å². The van der Waals surface area contributed by atoms with Crippen LogP contribution in [0.2, 0.25) is 0 Å². The molecule has 372 valence electrons. The minimum atomic E-state index is -0.797. The first-order valence-electron chi connectivity index (χ1n) is 27.1. The summed E-state index contributed by atoms with van der Waals surface area (Å²) in [4.78, 5) is 38.0. The van der Waals surface area contributed by atoms with Crippen molar-refractivity contribution in [2.75, 3.05) is 13.2 Å². The molecule has 0 saturated carbocycles. The van der Waals surface area contributed by atoms with E-state index in [0.29, 0.717) is 19.3 Å². The largest absolute Gasteiger partial charge is 0.462 e. The molecule has 0 fully saturated rings. The van der Waals surface area contributed by atoms with Gasteiger partial charge in [-0.15, -0.1) is 0 Å². The van der Waals surface area contributed by atoms with Gasteiger partial charge in [-0.1, -0.05) is 221 Å². The Balaban J connectivity index is 4.44. The number of ether oxygens (including phenoxy) is 3. The molecule has 1 atom stereocenters. The van der Waals surface area contributed by atoms with Crippen LogP contribution in [-0.2, 0) is 28.6 Å². The van der Waals surface area contributed by atoms with Crippen LogP contribution < -0.4 is 0 Å². The second-order valence-corrected chi connectivity index (χ2v) is 17.8. The Bertz CT molecular complexity index is 1270. The summed E-state index contributed by atoms with van der Waals surface area (Å²) in [6.45, 7) is 6.47. The first-order valence-corrected chi connectivity index (χ1v) is 27.1. The molecule has 0 N–H and O–H groups in total. The summed E-state index contributed by atoms with van der Waals surface area (Å²) in [7, 11) is 0. The van der Waals surface area contributed by atoms with E-state index in [-0.39, 0.29) is 31.1 Å². The van der Waals surface area contributed by atoms with Crippen LogP contribution in [0.3, 0.4) is 0 Å². The van der Waals surface area contributed by atoms with E-state index in [0.717, 1.165) is 109 Å². The first kappa shape index (κ1) is 61.6. The molecule has 6 heteroatoms. The van der Waals surface area contributed by atoms with Gasteiger partial charge in [0, 0.05) is 19.3 Å². The number of rotatable bonds is 48. The third-order valence-corrected chi connectivity index (χ3v) is 11.4. The molecule has 0 aliphatic carbocycles. The fraction of sp³-hybridized carbons (Fsp3) is 0.712. The third-order valence-electron chi connectivity index (χ3n) is 11.4. The highest BCUT2D eigenvalue weighted by molar-refractivity contribution is 5.71. The van der Waals surface area contributed by atoms with Crippen LogP contribution in [0.4, 0.5) is 0 Å². The molecular formula is C59H100O6. The number of hydrogen-bond donors (Lipinski definition) is 0. The molecule has 0 aliphatic heterocycles. The zero-order valence-corrected chi connectivity index (χ0v) is 42.5. The Morgan fingerprint density at radius 1 is 0.323 bits per heavy atom. The highest BCUT2D eigenvalue weighted by Gasteiger charge is 2.19. The van der Waals surface area contributed by atoms with Crippen molar-refractivity contribution in [1.82, 2.24) is 0 Å². The molecule has 65 heavy (non-hydrogen) atoms. The van der Waals surface area contributed by atoms with E-state index >= 15 is 0 Å². The third kappa shape index (κ3) is 51.4. The van der Waals surface area contributed by atoms with Gasteiger partial charge in [0.2, 0.25) is 0 Å². The Kier molecular flexibility index (Phi) is 50.4. The molecule has 0 spiro atoms. The molecule has 0 heterocycles. The van der Waals surface area contributed by atoms with Crippen molar-refractivity contribution >= 4 is 17.9 Å². The number of unbranched alkanes of at least 4 members (excludes halogenated alkanes) is 23. The summed E-state index contributed by atoms with van der Waals surface area (Å²) in [6.07, 6.45) is 68.5. The number of carbonyl (C=O) groups is 3. The smallest absolute Gasteiger partial charge is 0.306 e. The van der Waals surface area contributed by atoms with Gasteiger partial charge >= 0.3 is 17.9 Å². The van der Waals surface area contributed by atoms with Gasteiger partial charge in [-0.05, 0) is 96.3 Å². The Morgan fingerprint density at radius 2 is 0.600 bits per heavy atom. The summed E-state index contributed by atoms with van der Waals surface area (Å²) >= 11 is 0. The van der Waals surface area contributed by atoms with Crippen LogP contribution in [0.5, 0.6) is 0 Å². The molecule has 0 rings (SSSR count). The maximum Gasteiger partial charge on any atom is 0.306 e. The monoisotopic (exact) mass is 905 g/mol. The maximum atomic E-state index is 12.8. The lowest BCUT2D eigenvalue weighted by atomic mass is 10.0. The predicted molar refractivity (Wildman–Crippen MR) is 279 cm³/mol. The number of carbonyl (C=O) groups excluding carboxylic acids is 3. The highest BCUT2D eigenvalue weighted by atomic mass is 16.6. The van der Waals surface area contributed by atoms with Gasteiger partial charge < -0.3 is 14.2 Å². The lowest BCUT2D eigenvalue weighted by Gasteiger charge is -2.18. The molecular weight excluding hydrogens is 805 g/mol. The molecule has 6 nitrogen and oxygen atoms in total. The van der Waals surface area contributed by atoms with Crippen LogP contribution in [-0.4, -0.2) is 37.2 Å². The summed E-state index contributed by atoms with van der Waals surface area (Å²) in [6, 6.07) is 0. The van der Waals surface area contributed by atoms with E-state index < -0.39 is 6.10 Å². The van der Waals surface area contributed by atoms with Crippen molar-refractivity contribution in [2.24, 2.45) is 0 Å². The van der Waals surface area contributed by atoms with E-state index in [1.807, 2.05) is 0 Å². The molecule has 0 radical (unpaired) electrons. The first-order chi connectivity index (χ1) is 32.0. The van der Waals surface area contributed by atoms with Crippen molar-refractivity contribution in [3.05, 3.63) is 85.1 Å². The average molecular weight is 905 g/mol. The SMILES string of the molecule is CC/C=C\C/C=C\C/C=C\C/C=C\C/C=C\C/C=C\CCCCC(=O)OCC(COC(=O)CCCCCCCCCCCCCCC)OC(=O)CCCCCCC/C=C\CCCCCC. The average Bonchev–Trinajstić information content (AvgIpc) is 3.30. The van der Waals surface area contributed by atoms with E-state index in [1.165, 1.54) is 103 Å². The van der Waals surface area contributed by atoms with Crippen LogP contribution in [0.25, 0.3) is 0 Å². The minimum absolute atomic E-state index is 0.0922. The van der Waals surface area contributed by atoms with Gasteiger partial charge in [0.25, 0.3) is 0 Å². The quantitative estimate of drug-likeness (QED) is 0.0262. The van der Waals surface area contributed by atoms with Gasteiger partial charge in [-0.2, -0.15) is 0 Å². The standard InChI is InChI=1S/C59H100O6/c1-4-7-10-13-16-19-22-25-26-27-28-29-30-31-32-35-37-40-43-46-49-52-58(61)64-55-56(65-59(62)53-50-47-44-41-38-34-24-21-18-15-12-9-6-3)54-63-57(60)51-48-45-42-39-36-33-23-20-17-14-11-8-5-2/h7,10,16,19,21,24-26,28-29,31-32,37,40,56H,4-6,8-9,11-15,17-18,20,22-23,27,30,33-36,38-39,41-55H2,1-3H3/b10-7-,19-16-,24-21-,26-25-,29-28-,32-31-,40-37-. The van der Waals surface area contributed by atoms with Crippen LogP contribution in [0, 0.1) is 0 Å². The highest BCUT2D eigenvalue weighted by Crippen LogP contribution is 2.15. The molecule has 0 aliphatic rings. The lowest BCUT2D eigenvalue weighted by Crippen LogP contribution is -2.30. The second kappa shape index (κ2) is 53.2. The molecule has 0 aromatic carbocycles. The molecule has 0 amide bonds. The summed E-state index contributed by atoms with van der Waals surface area (Å²) < 4.78 is 16.8. The number of esters is 3. The topological polar surface area (TPSA) is 78.9 Å². The van der Waals surface area contributed by atoms with Crippen LogP contribution in [0.15, 0.2) is 85.1 Å². The van der Waals surface area contributed by atoms with E-state index in [4.69, 9.17) is 14.2 Å². The fourth-order valence-corrected chi connectivity index (χ4v) is 7.32. The summed E-state index contributed by atoms with van der Waals surface area (Å²) in [5.74, 6) is -0.944. The Hall–Kier alpha value is -3.41. The molecule has 0 aromatic rings. The zero-order valence-electron chi connectivity index (χ0n) is 42.5. The zero-order chi connectivity index (χ0) is 47.2. The van der Waals surface area contributed by atoms with Crippen molar-refractivity contribution in [2.45, 2.75) is 258 Å². The number of hydrogen-bond acceptors (Lipinski definition) is 6. The van der Waals surface area contributed by atoms with E-state index in [1.54, 1.807) is 0 Å². The lowest BCUT2D eigenvalue weighted by molar-refractivity contribution is -0.167. The van der Waals surface area contributed by atoms with Crippen molar-refractivity contribution in [3.8, 4) is 0 Å². The van der Waals surface area contributed by atoms with Gasteiger partial charge in [0.05, 0.1) is 0 Å². The van der Waals surface area contributed by atoms with Crippen molar-refractivity contribution in [3.63, 3.8) is 0 Å². The summed E-state index contributed by atoms with van der Waals surface area (Å²) in [5, 5.41) is 0. The molecule has 1 unspecified atom stereocenters. The van der Waals surface area contributed by atoms with Crippen LogP contribution in [0.1, 0.15) is 252 Å². The Labute approximate surface area is 401 Å². The minimum Gasteiger partial charge on any atom is -0.462 e. The van der Waals surface area contributed by atoms with Gasteiger partial charge in [0.1, 0.15) is 13.2 Å². The Morgan fingerprint density at radius 3 is 1.00 bits per heavy atom.